The van der Waals surface area contributed by atoms with Crippen molar-refractivity contribution in [1.29, 1.82) is 0 Å². The van der Waals surface area contributed by atoms with Crippen LogP contribution in [0.1, 0.15) is 32.9 Å². The number of furan rings is 1. The van der Waals surface area contributed by atoms with Crippen LogP contribution in [0.4, 0.5) is 5.82 Å². The lowest BCUT2D eigenvalue weighted by atomic mass is 10.1. The number of thioether (sulfide) groups is 1. The van der Waals surface area contributed by atoms with Crippen molar-refractivity contribution in [2.24, 2.45) is 0 Å². The predicted molar refractivity (Wildman–Crippen MR) is 127 cm³/mol. The number of piperazine rings is 1. The minimum Gasteiger partial charge on any atom is -0.467 e. The standard InChI is InChI=1S/C24H29N5O2S/c1-17-18(2)26-24(27-22(17)29-12-10-28(3)11-13-29)32-16-19-6-8-20(9-7-19)23(30)25-15-21-5-4-14-31-21/h4-9,14H,10-13,15-16H2,1-3H3,(H,25,30). The van der Waals surface area contributed by atoms with E-state index in [4.69, 9.17) is 14.4 Å². The van der Waals surface area contributed by atoms with Crippen LogP contribution < -0.4 is 10.2 Å². The Bertz CT molecular complexity index is 1050. The average Bonchev–Trinajstić information content (AvgIpc) is 3.33. The first-order chi connectivity index (χ1) is 15.5. The maximum Gasteiger partial charge on any atom is 0.251 e. The van der Waals surface area contributed by atoms with Gasteiger partial charge in [0.1, 0.15) is 11.6 Å². The first-order valence-electron chi connectivity index (χ1n) is 10.8. The smallest absolute Gasteiger partial charge is 0.251 e. The van der Waals surface area contributed by atoms with Crippen LogP contribution in [0.3, 0.4) is 0 Å². The fraction of sp³-hybridized carbons (Fsp3) is 0.375. The number of benzene rings is 1. The molecule has 3 aromatic rings. The summed E-state index contributed by atoms with van der Waals surface area (Å²) in [5, 5.41) is 3.66. The molecule has 1 aromatic carbocycles. The molecule has 0 saturated carbocycles. The maximum atomic E-state index is 12.3. The Morgan fingerprint density at radius 3 is 2.53 bits per heavy atom. The molecule has 32 heavy (non-hydrogen) atoms. The number of carbonyl (C=O) groups is 1. The van der Waals surface area contributed by atoms with Gasteiger partial charge in [-0.2, -0.15) is 0 Å². The quantitative estimate of drug-likeness (QED) is 0.434. The maximum absolute atomic E-state index is 12.3. The summed E-state index contributed by atoms with van der Waals surface area (Å²) in [6.07, 6.45) is 1.60. The first kappa shape index (κ1) is 22.4. The van der Waals surface area contributed by atoms with Crippen LogP contribution in [0.15, 0.2) is 52.2 Å². The molecule has 1 aliphatic heterocycles. The minimum atomic E-state index is -0.116. The number of aryl methyl sites for hydroxylation is 1. The summed E-state index contributed by atoms with van der Waals surface area (Å²) in [5.41, 5.74) is 3.94. The van der Waals surface area contributed by atoms with Crippen LogP contribution in [-0.2, 0) is 12.3 Å². The zero-order valence-electron chi connectivity index (χ0n) is 18.8. The second-order valence-electron chi connectivity index (χ2n) is 8.08. The number of hydrogen-bond acceptors (Lipinski definition) is 7. The Morgan fingerprint density at radius 2 is 1.84 bits per heavy atom. The van der Waals surface area contributed by atoms with E-state index in [0.717, 1.165) is 65.5 Å². The molecule has 0 spiro atoms. The molecule has 0 radical (unpaired) electrons. The molecule has 0 atom stereocenters. The molecule has 2 aromatic heterocycles. The van der Waals surface area contributed by atoms with E-state index in [1.807, 2.05) is 30.3 Å². The Morgan fingerprint density at radius 1 is 1.09 bits per heavy atom. The van der Waals surface area contributed by atoms with Gasteiger partial charge in [0.25, 0.3) is 5.91 Å². The minimum absolute atomic E-state index is 0.116. The van der Waals surface area contributed by atoms with Crippen molar-refractivity contribution in [1.82, 2.24) is 20.2 Å². The highest BCUT2D eigenvalue weighted by molar-refractivity contribution is 7.98. The number of carbonyl (C=O) groups excluding carboxylic acids is 1. The molecule has 1 fully saturated rings. The highest BCUT2D eigenvalue weighted by atomic mass is 32.2. The second kappa shape index (κ2) is 10.2. The summed E-state index contributed by atoms with van der Waals surface area (Å²) < 4.78 is 5.25. The highest BCUT2D eigenvalue weighted by Gasteiger charge is 2.19. The van der Waals surface area contributed by atoms with Crippen molar-refractivity contribution in [2.45, 2.75) is 31.3 Å². The molecule has 0 bridgehead atoms. The van der Waals surface area contributed by atoms with Gasteiger partial charge in [-0.05, 0) is 50.7 Å². The van der Waals surface area contributed by atoms with Crippen LogP contribution in [0.5, 0.6) is 0 Å². The molecule has 4 rings (SSSR count). The van der Waals surface area contributed by atoms with Crippen LogP contribution in [0, 0.1) is 13.8 Å². The lowest BCUT2D eigenvalue weighted by molar-refractivity contribution is 0.0948. The van der Waals surface area contributed by atoms with Gasteiger partial charge >= 0.3 is 0 Å². The van der Waals surface area contributed by atoms with Crippen molar-refractivity contribution in [2.75, 3.05) is 38.1 Å². The summed E-state index contributed by atoms with van der Waals surface area (Å²) in [5.74, 6) is 2.42. The van der Waals surface area contributed by atoms with Crippen LogP contribution >= 0.6 is 11.8 Å². The normalized spacial score (nSPS) is 14.5. The van der Waals surface area contributed by atoms with Gasteiger partial charge in [-0.15, -0.1) is 0 Å². The van der Waals surface area contributed by atoms with E-state index >= 15 is 0 Å². The van der Waals surface area contributed by atoms with Crippen molar-refractivity contribution >= 4 is 23.5 Å². The van der Waals surface area contributed by atoms with E-state index in [2.05, 4.69) is 36.0 Å². The fourth-order valence-electron chi connectivity index (χ4n) is 3.56. The number of amides is 1. The molecule has 3 heterocycles. The summed E-state index contributed by atoms with van der Waals surface area (Å²) >= 11 is 1.63. The Balaban J connectivity index is 1.36. The van der Waals surface area contributed by atoms with Crippen molar-refractivity contribution in [3.8, 4) is 0 Å². The zero-order valence-corrected chi connectivity index (χ0v) is 19.6. The molecule has 8 heteroatoms. The zero-order chi connectivity index (χ0) is 22.5. The lowest BCUT2D eigenvalue weighted by Crippen LogP contribution is -2.45. The van der Waals surface area contributed by atoms with Gasteiger partial charge in [-0.1, -0.05) is 23.9 Å². The van der Waals surface area contributed by atoms with E-state index in [1.54, 1.807) is 24.1 Å². The molecule has 7 nitrogen and oxygen atoms in total. The monoisotopic (exact) mass is 451 g/mol. The van der Waals surface area contributed by atoms with Gasteiger partial charge in [-0.25, -0.2) is 9.97 Å². The highest BCUT2D eigenvalue weighted by Crippen LogP contribution is 2.26. The fourth-order valence-corrected chi connectivity index (χ4v) is 4.40. The molecule has 1 N–H and O–H groups in total. The van der Waals surface area contributed by atoms with E-state index in [1.165, 1.54) is 0 Å². The molecule has 1 amide bonds. The predicted octanol–water partition coefficient (Wildman–Crippen LogP) is 3.66. The molecular formula is C24H29N5O2S. The number of hydrogen-bond donors (Lipinski definition) is 1. The molecular weight excluding hydrogens is 422 g/mol. The van der Waals surface area contributed by atoms with Gasteiger partial charge in [0.2, 0.25) is 0 Å². The van der Waals surface area contributed by atoms with Crippen molar-refractivity contribution < 1.29 is 9.21 Å². The third-order valence-electron chi connectivity index (χ3n) is 5.73. The van der Waals surface area contributed by atoms with Crippen molar-refractivity contribution in [3.05, 3.63) is 70.8 Å². The van der Waals surface area contributed by atoms with Gasteiger partial charge in [0.15, 0.2) is 5.16 Å². The van der Waals surface area contributed by atoms with Gasteiger partial charge in [0.05, 0.1) is 12.8 Å². The van der Waals surface area contributed by atoms with Crippen LogP contribution in [0.25, 0.3) is 0 Å². The van der Waals surface area contributed by atoms with E-state index in [-0.39, 0.29) is 5.91 Å². The molecule has 168 valence electrons. The van der Waals surface area contributed by atoms with Gasteiger partial charge in [-0.3, -0.25) is 4.79 Å². The van der Waals surface area contributed by atoms with Gasteiger partial charge < -0.3 is 19.5 Å². The van der Waals surface area contributed by atoms with E-state index in [0.29, 0.717) is 12.1 Å². The molecule has 0 unspecified atom stereocenters. The molecule has 1 saturated heterocycles. The summed E-state index contributed by atoms with van der Waals surface area (Å²) in [6.45, 7) is 8.61. The molecule has 1 aliphatic rings. The van der Waals surface area contributed by atoms with Gasteiger partial charge in [0, 0.05) is 48.8 Å². The summed E-state index contributed by atoms with van der Waals surface area (Å²) in [6, 6.07) is 11.3. The number of rotatable bonds is 7. The Labute approximate surface area is 193 Å². The third-order valence-corrected chi connectivity index (χ3v) is 6.65. The number of aromatic nitrogens is 2. The second-order valence-corrected chi connectivity index (χ2v) is 9.02. The van der Waals surface area contributed by atoms with E-state index in [9.17, 15) is 4.79 Å². The number of nitrogens with zero attached hydrogens (tertiary/aromatic N) is 4. The first-order valence-corrected chi connectivity index (χ1v) is 11.8. The topological polar surface area (TPSA) is 74.5 Å². The third kappa shape index (κ3) is 5.49. The Kier molecular flexibility index (Phi) is 7.12. The largest absolute Gasteiger partial charge is 0.467 e. The SMILES string of the molecule is Cc1nc(SCc2ccc(C(=O)NCc3ccco3)cc2)nc(N2CCN(C)CC2)c1C. The number of anilines is 1. The summed E-state index contributed by atoms with van der Waals surface area (Å²) in [4.78, 5) is 26.6. The lowest BCUT2D eigenvalue weighted by Gasteiger charge is -2.34. The summed E-state index contributed by atoms with van der Waals surface area (Å²) in [7, 11) is 2.16. The Hall–Kier alpha value is -2.84. The van der Waals surface area contributed by atoms with Crippen LogP contribution in [-0.4, -0.2) is 54.0 Å². The van der Waals surface area contributed by atoms with Crippen LogP contribution in [0.2, 0.25) is 0 Å². The van der Waals surface area contributed by atoms with E-state index < -0.39 is 0 Å². The average molecular weight is 452 g/mol. The number of likely N-dealkylation sites (N-methyl/N-ethyl adjacent to an activating group) is 1. The molecule has 0 aliphatic carbocycles. The number of nitrogens with one attached hydrogen (secondary N) is 1. The van der Waals surface area contributed by atoms with Crippen molar-refractivity contribution in [3.63, 3.8) is 0 Å².